The molecule has 0 heterocycles. The summed E-state index contributed by atoms with van der Waals surface area (Å²) in [7, 11) is 4.10. The van der Waals surface area contributed by atoms with Gasteiger partial charge in [0.1, 0.15) is 0 Å². The summed E-state index contributed by atoms with van der Waals surface area (Å²) in [6, 6.07) is 17.0. The number of hydrogen-bond donors (Lipinski definition) is 0. The molecule has 2 heteroatoms. The maximum absolute atomic E-state index is 3.97. The van der Waals surface area contributed by atoms with E-state index in [4.69, 9.17) is 0 Å². The van der Waals surface area contributed by atoms with Gasteiger partial charge < -0.3 is 4.90 Å². The Balaban J connectivity index is 2.31. The van der Waals surface area contributed by atoms with Crippen LogP contribution in [0.25, 0.3) is 0 Å². The van der Waals surface area contributed by atoms with Crippen LogP contribution in [0.3, 0.4) is 0 Å². The molecule has 0 aliphatic heterocycles. The van der Waals surface area contributed by atoms with Gasteiger partial charge in [-0.1, -0.05) is 46.3 Å². The van der Waals surface area contributed by atoms with E-state index in [0.717, 1.165) is 4.47 Å². The minimum atomic E-state index is 0.240. The summed E-state index contributed by atoms with van der Waals surface area (Å²) in [4.78, 5) is 2.10. The quantitative estimate of drug-likeness (QED) is 0.730. The normalized spacial score (nSPS) is 11.9. The summed E-state index contributed by atoms with van der Waals surface area (Å²) in [5.41, 5.74) is 3.74. The fourth-order valence-electron chi connectivity index (χ4n) is 2.11. The highest BCUT2D eigenvalue weighted by molar-refractivity contribution is 9.10. The lowest BCUT2D eigenvalue weighted by Gasteiger charge is -2.17. The molecule has 2 rings (SSSR count). The van der Waals surface area contributed by atoms with Crippen LogP contribution in [0.2, 0.25) is 0 Å². The Morgan fingerprint density at radius 1 is 0.947 bits per heavy atom. The average molecular weight is 316 g/mol. The van der Waals surface area contributed by atoms with E-state index in [1.807, 2.05) is 6.08 Å². The summed E-state index contributed by atoms with van der Waals surface area (Å²) < 4.78 is 1.10. The van der Waals surface area contributed by atoms with Crippen LogP contribution in [0.15, 0.2) is 65.7 Å². The molecule has 0 bridgehead atoms. The molecule has 19 heavy (non-hydrogen) atoms. The molecule has 1 atom stereocenters. The summed E-state index contributed by atoms with van der Waals surface area (Å²) in [6.45, 7) is 3.97. The molecule has 0 aliphatic rings. The van der Waals surface area contributed by atoms with Crippen LogP contribution in [-0.2, 0) is 0 Å². The fraction of sp³-hybridized carbons (Fsp3) is 0.176. The van der Waals surface area contributed by atoms with Gasteiger partial charge in [-0.15, -0.1) is 6.58 Å². The standard InChI is InChI=1S/C17H18BrN/c1-4-17(13-5-9-15(18)10-6-13)14-7-11-16(12-8-14)19(2)3/h4-12,17H,1H2,2-3H3/t17-/m0/s1. The molecule has 0 aromatic heterocycles. The molecule has 0 amide bonds. The van der Waals surface area contributed by atoms with Gasteiger partial charge in [-0.25, -0.2) is 0 Å². The van der Waals surface area contributed by atoms with Crippen molar-refractivity contribution >= 4 is 21.6 Å². The van der Waals surface area contributed by atoms with Crippen LogP contribution in [0.5, 0.6) is 0 Å². The zero-order valence-corrected chi connectivity index (χ0v) is 12.9. The first-order valence-electron chi connectivity index (χ1n) is 6.27. The van der Waals surface area contributed by atoms with E-state index in [0.29, 0.717) is 0 Å². The van der Waals surface area contributed by atoms with Gasteiger partial charge >= 0.3 is 0 Å². The smallest absolute Gasteiger partial charge is 0.0361 e. The molecule has 0 spiro atoms. The number of nitrogens with zero attached hydrogens (tertiary/aromatic N) is 1. The van der Waals surface area contributed by atoms with Gasteiger partial charge in [-0.2, -0.15) is 0 Å². The van der Waals surface area contributed by atoms with Gasteiger partial charge in [0.2, 0.25) is 0 Å². The predicted octanol–water partition coefficient (Wildman–Crippen LogP) is 4.83. The molecule has 1 nitrogen and oxygen atoms in total. The third-order valence-corrected chi connectivity index (χ3v) is 3.76. The van der Waals surface area contributed by atoms with E-state index in [1.54, 1.807) is 0 Å². The Hall–Kier alpha value is -1.54. The number of halogens is 1. The molecule has 0 unspecified atom stereocenters. The van der Waals surface area contributed by atoms with Gasteiger partial charge in [-0.3, -0.25) is 0 Å². The lowest BCUT2D eigenvalue weighted by atomic mass is 9.91. The molecule has 2 aromatic carbocycles. The second-order valence-electron chi connectivity index (χ2n) is 4.75. The largest absolute Gasteiger partial charge is 0.378 e. The highest BCUT2D eigenvalue weighted by Crippen LogP contribution is 2.28. The maximum atomic E-state index is 3.97. The van der Waals surface area contributed by atoms with Gasteiger partial charge in [0.05, 0.1) is 0 Å². The van der Waals surface area contributed by atoms with Crippen LogP contribution in [-0.4, -0.2) is 14.1 Å². The van der Waals surface area contributed by atoms with E-state index in [-0.39, 0.29) is 5.92 Å². The lowest BCUT2D eigenvalue weighted by molar-refractivity contribution is 1.02. The first kappa shape index (κ1) is 13.9. The fourth-order valence-corrected chi connectivity index (χ4v) is 2.38. The molecule has 0 saturated carbocycles. The van der Waals surface area contributed by atoms with E-state index < -0.39 is 0 Å². The lowest BCUT2D eigenvalue weighted by Crippen LogP contribution is -2.08. The summed E-state index contributed by atoms with van der Waals surface area (Å²) in [5, 5.41) is 0. The Kier molecular flexibility index (Phi) is 4.43. The topological polar surface area (TPSA) is 3.24 Å². The SMILES string of the molecule is C=C[C@@H](c1ccc(Br)cc1)c1ccc(N(C)C)cc1. The van der Waals surface area contributed by atoms with Crippen molar-refractivity contribution in [2.24, 2.45) is 0 Å². The highest BCUT2D eigenvalue weighted by atomic mass is 79.9. The van der Waals surface area contributed by atoms with Crippen molar-refractivity contribution in [3.8, 4) is 0 Å². The second-order valence-corrected chi connectivity index (χ2v) is 5.67. The van der Waals surface area contributed by atoms with Crippen LogP contribution in [0.4, 0.5) is 5.69 Å². The Morgan fingerprint density at radius 3 is 1.84 bits per heavy atom. The van der Waals surface area contributed by atoms with E-state index >= 15 is 0 Å². The summed E-state index contributed by atoms with van der Waals surface area (Å²) >= 11 is 3.47. The van der Waals surface area contributed by atoms with Crippen LogP contribution in [0, 0.1) is 0 Å². The number of allylic oxidation sites excluding steroid dienone is 1. The number of benzene rings is 2. The predicted molar refractivity (Wildman–Crippen MR) is 87.0 cm³/mol. The van der Waals surface area contributed by atoms with Crippen molar-refractivity contribution in [1.29, 1.82) is 0 Å². The molecule has 0 radical (unpaired) electrons. The summed E-state index contributed by atoms with van der Waals surface area (Å²) in [6.07, 6.45) is 1.99. The van der Waals surface area contributed by atoms with Crippen LogP contribution >= 0.6 is 15.9 Å². The van der Waals surface area contributed by atoms with Gasteiger partial charge in [-0.05, 0) is 35.4 Å². The first-order valence-corrected chi connectivity index (χ1v) is 7.06. The van der Waals surface area contributed by atoms with Crippen molar-refractivity contribution in [3.05, 3.63) is 76.8 Å². The zero-order chi connectivity index (χ0) is 13.8. The number of rotatable bonds is 4. The van der Waals surface area contributed by atoms with Gasteiger partial charge in [0.25, 0.3) is 0 Å². The molecule has 0 fully saturated rings. The molecule has 0 saturated heterocycles. The third kappa shape index (κ3) is 3.27. The van der Waals surface area contributed by atoms with Gasteiger partial charge in [0.15, 0.2) is 0 Å². The summed E-state index contributed by atoms with van der Waals surface area (Å²) in [5.74, 6) is 0.240. The van der Waals surface area contributed by atoms with E-state index in [1.165, 1.54) is 16.8 Å². The second kappa shape index (κ2) is 6.07. The molecular weight excluding hydrogens is 298 g/mol. The Labute approximate surface area is 123 Å². The first-order chi connectivity index (χ1) is 9.11. The molecule has 0 aliphatic carbocycles. The zero-order valence-electron chi connectivity index (χ0n) is 11.3. The van der Waals surface area contributed by atoms with E-state index in [2.05, 4.69) is 90.0 Å². The Bertz CT molecular complexity index is 540. The molecular formula is C17H18BrN. The minimum Gasteiger partial charge on any atom is -0.378 e. The van der Waals surface area contributed by atoms with Crippen molar-refractivity contribution < 1.29 is 0 Å². The van der Waals surface area contributed by atoms with Crippen LogP contribution < -0.4 is 4.90 Å². The Morgan fingerprint density at radius 2 is 1.42 bits per heavy atom. The third-order valence-electron chi connectivity index (χ3n) is 3.23. The number of hydrogen-bond acceptors (Lipinski definition) is 1. The van der Waals surface area contributed by atoms with Crippen molar-refractivity contribution in [1.82, 2.24) is 0 Å². The van der Waals surface area contributed by atoms with Gasteiger partial charge in [0, 0.05) is 30.2 Å². The van der Waals surface area contributed by atoms with Crippen molar-refractivity contribution in [2.45, 2.75) is 5.92 Å². The average Bonchev–Trinajstić information content (AvgIpc) is 2.42. The maximum Gasteiger partial charge on any atom is 0.0361 e. The van der Waals surface area contributed by atoms with Crippen molar-refractivity contribution in [3.63, 3.8) is 0 Å². The molecule has 2 aromatic rings. The van der Waals surface area contributed by atoms with E-state index in [9.17, 15) is 0 Å². The number of anilines is 1. The van der Waals surface area contributed by atoms with Crippen molar-refractivity contribution in [2.75, 3.05) is 19.0 Å². The molecule has 0 N–H and O–H groups in total. The highest BCUT2D eigenvalue weighted by Gasteiger charge is 2.10. The van der Waals surface area contributed by atoms with Crippen LogP contribution in [0.1, 0.15) is 17.0 Å². The minimum absolute atomic E-state index is 0.240. The molecule has 98 valence electrons. The monoisotopic (exact) mass is 315 g/mol.